The van der Waals surface area contributed by atoms with Crippen LogP contribution in [-0.2, 0) is 24.9 Å². The molecular formula is C23H38N6O2. The third kappa shape index (κ3) is 8.57. The molecule has 2 aromatic rings. The van der Waals surface area contributed by atoms with Crippen molar-refractivity contribution in [3.8, 4) is 5.75 Å². The van der Waals surface area contributed by atoms with Gasteiger partial charge >= 0.3 is 0 Å². The summed E-state index contributed by atoms with van der Waals surface area (Å²) in [5.41, 5.74) is 2.26. The zero-order valence-electron chi connectivity index (χ0n) is 19.7. The number of aliphatic imine (C=N–C) groups is 1. The monoisotopic (exact) mass is 430 g/mol. The second kappa shape index (κ2) is 13.6. The predicted molar refractivity (Wildman–Crippen MR) is 124 cm³/mol. The number of nitrogens with zero attached hydrogens (tertiary/aromatic N) is 4. The summed E-state index contributed by atoms with van der Waals surface area (Å²) in [6.45, 7) is 9.28. The molecule has 1 aromatic carbocycles. The number of hydrogen-bond acceptors (Lipinski definition) is 5. The molecule has 0 radical (unpaired) electrons. The van der Waals surface area contributed by atoms with E-state index in [4.69, 9.17) is 14.5 Å². The first-order chi connectivity index (χ1) is 15.0. The summed E-state index contributed by atoms with van der Waals surface area (Å²) in [6, 6.07) is 6.29. The number of rotatable bonds is 13. The van der Waals surface area contributed by atoms with E-state index in [-0.39, 0.29) is 0 Å². The van der Waals surface area contributed by atoms with Gasteiger partial charge in [-0.3, -0.25) is 0 Å². The highest BCUT2D eigenvalue weighted by molar-refractivity contribution is 5.79. The van der Waals surface area contributed by atoms with Crippen LogP contribution in [0, 0.1) is 13.8 Å². The lowest BCUT2D eigenvalue weighted by molar-refractivity contribution is 0.203. The molecule has 8 heteroatoms. The van der Waals surface area contributed by atoms with Crippen LogP contribution in [0.2, 0.25) is 0 Å². The molecule has 1 aromatic heterocycles. The van der Waals surface area contributed by atoms with Crippen LogP contribution in [0.4, 0.5) is 0 Å². The van der Waals surface area contributed by atoms with Crippen molar-refractivity contribution < 1.29 is 9.47 Å². The largest absolute Gasteiger partial charge is 0.493 e. The van der Waals surface area contributed by atoms with Gasteiger partial charge in [0.1, 0.15) is 11.6 Å². The van der Waals surface area contributed by atoms with Crippen molar-refractivity contribution in [2.75, 3.05) is 26.9 Å². The number of aromatic nitrogens is 3. The molecular weight excluding hydrogens is 392 g/mol. The first-order valence-corrected chi connectivity index (χ1v) is 11.1. The summed E-state index contributed by atoms with van der Waals surface area (Å²) < 4.78 is 13.2. The summed E-state index contributed by atoms with van der Waals surface area (Å²) in [5, 5.41) is 14.9. The van der Waals surface area contributed by atoms with E-state index in [2.05, 4.69) is 52.9 Å². The number of methoxy groups -OCH3 is 1. The van der Waals surface area contributed by atoms with Gasteiger partial charge in [0.05, 0.1) is 26.3 Å². The lowest BCUT2D eigenvalue weighted by atomic mass is 10.1. The van der Waals surface area contributed by atoms with E-state index in [9.17, 15) is 0 Å². The van der Waals surface area contributed by atoms with E-state index in [0.717, 1.165) is 36.0 Å². The van der Waals surface area contributed by atoms with Gasteiger partial charge in [0.25, 0.3) is 0 Å². The molecule has 0 aliphatic carbocycles. The van der Waals surface area contributed by atoms with Gasteiger partial charge in [0, 0.05) is 26.3 Å². The van der Waals surface area contributed by atoms with Gasteiger partial charge in [-0.05, 0) is 31.9 Å². The highest BCUT2D eigenvalue weighted by atomic mass is 16.5. The van der Waals surface area contributed by atoms with Gasteiger partial charge in [-0.25, -0.2) is 4.99 Å². The van der Waals surface area contributed by atoms with E-state index in [1.807, 2.05) is 18.5 Å². The first kappa shape index (κ1) is 24.7. The normalized spacial score (nSPS) is 11.6. The number of hydrogen-bond donors (Lipinski definition) is 2. The molecule has 2 rings (SSSR count). The van der Waals surface area contributed by atoms with E-state index in [0.29, 0.717) is 32.2 Å². The SMILES string of the molecule is CCCCCCOc1cc(C)ccc1CN=C(NCCOC)NCc1nnc(C)n1C. The fraction of sp³-hybridized carbons (Fsp3) is 0.609. The molecule has 0 fully saturated rings. The lowest BCUT2D eigenvalue weighted by Gasteiger charge is -2.14. The summed E-state index contributed by atoms with van der Waals surface area (Å²) >= 11 is 0. The zero-order chi connectivity index (χ0) is 22.5. The second-order valence-corrected chi connectivity index (χ2v) is 7.68. The first-order valence-electron chi connectivity index (χ1n) is 11.1. The maximum Gasteiger partial charge on any atom is 0.192 e. The average molecular weight is 431 g/mol. The van der Waals surface area contributed by atoms with Crippen LogP contribution in [0.15, 0.2) is 23.2 Å². The molecule has 1 heterocycles. The van der Waals surface area contributed by atoms with Crippen LogP contribution in [0.1, 0.15) is 55.4 Å². The number of unbranched alkanes of at least 4 members (excludes halogenated alkanes) is 3. The van der Waals surface area contributed by atoms with Crippen LogP contribution in [0.3, 0.4) is 0 Å². The van der Waals surface area contributed by atoms with Crippen molar-refractivity contribution >= 4 is 5.96 Å². The smallest absolute Gasteiger partial charge is 0.192 e. The minimum atomic E-state index is 0.519. The Hall–Kier alpha value is -2.61. The maximum absolute atomic E-state index is 6.09. The quantitative estimate of drug-likeness (QED) is 0.288. The molecule has 0 unspecified atom stereocenters. The number of aryl methyl sites for hydroxylation is 2. The predicted octanol–water partition coefficient (Wildman–Crippen LogP) is 3.27. The minimum Gasteiger partial charge on any atom is -0.493 e. The van der Waals surface area contributed by atoms with Crippen LogP contribution < -0.4 is 15.4 Å². The van der Waals surface area contributed by atoms with Gasteiger partial charge < -0.3 is 24.7 Å². The molecule has 8 nitrogen and oxygen atoms in total. The molecule has 0 amide bonds. The Kier molecular flexibility index (Phi) is 10.9. The minimum absolute atomic E-state index is 0.519. The average Bonchev–Trinajstić information content (AvgIpc) is 3.08. The van der Waals surface area contributed by atoms with E-state index in [1.165, 1.54) is 24.8 Å². The molecule has 31 heavy (non-hydrogen) atoms. The molecule has 0 aliphatic rings. The van der Waals surface area contributed by atoms with Crippen LogP contribution in [0.5, 0.6) is 5.75 Å². The van der Waals surface area contributed by atoms with Crippen molar-refractivity contribution in [2.24, 2.45) is 12.0 Å². The van der Waals surface area contributed by atoms with Gasteiger partial charge in [-0.2, -0.15) is 0 Å². The van der Waals surface area contributed by atoms with Crippen LogP contribution >= 0.6 is 0 Å². The van der Waals surface area contributed by atoms with E-state index >= 15 is 0 Å². The van der Waals surface area contributed by atoms with Gasteiger partial charge in [0.15, 0.2) is 11.8 Å². The molecule has 172 valence electrons. The molecule has 2 N–H and O–H groups in total. The molecule has 0 aliphatic heterocycles. The third-order valence-corrected chi connectivity index (χ3v) is 5.08. The van der Waals surface area contributed by atoms with Gasteiger partial charge in [-0.15, -0.1) is 10.2 Å². The van der Waals surface area contributed by atoms with Crippen LogP contribution in [0.25, 0.3) is 0 Å². The van der Waals surface area contributed by atoms with Crippen molar-refractivity contribution in [3.05, 3.63) is 41.0 Å². The Morgan fingerprint density at radius 1 is 1.10 bits per heavy atom. The fourth-order valence-corrected chi connectivity index (χ4v) is 3.02. The Labute approximate surface area is 186 Å². The van der Waals surface area contributed by atoms with Crippen molar-refractivity contribution in [3.63, 3.8) is 0 Å². The number of ether oxygens (including phenoxy) is 2. The van der Waals surface area contributed by atoms with Gasteiger partial charge in [0.2, 0.25) is 0 Å². The highest BCUT2D eigenvalue weighted by Crippen LogP contribution is 2.22. The topological polar surface area (TPSA) is 85.6 Å². The van der Waals surface area contributed by atoms with Gasteiger partial charge in [-0.1, -0.05) is 38.3 Å². The number of benzene rings is 1. The number of nitrogens with one attached hydrogen (secondary N) is 2. The highest BCUT2D eigenvalue weighted by Gasteiger charge is 2.08. The zero-order valence-corrected chi connectivity index (χ0v) is 19.7. The Morgan fingerprint density at radius 2 is 1.94 bits per heavy atom. The van der Waals surface area contributed by atoms with E-state index < -0.39 is 0 Å². The summed E-state index contributed by atoms with van der Waals surface area (Å²) in [4.78, 5) is 4.77. The summed E-state index contributed by atoms with van der Waals surface area (Å²) in [5.74, 6) is 3.35. The van der Waals surface area contributed by atoms with Crippen molar-refractivity contribution in [1.29, 1.82) is 0 Å². The second-order valence-electron chi connectivity index (χ2n) is 7.68. The summed E-state index contributed by atoms with van der Waals surface area (Å²) in [6.07, 6.45) is 4.76. The standard InChI is InChI=1S/C23H38N6O2/c1-6-7-8-9-13-31-21-15-18(2)10-11-20(21)16-25-23(24-12-14-30-5)26-17-22-28-27-19(3)29(22)4/h10-11,15H,6-9,12-14,16-17H2,1-5H3,(H2,24,25,26). The van der Waals surface area contributed by atoms with Crippen molar-refractivity contribution in [1.82, 2.24) is 25.4 Å². The molecule has 0 bridgehead atoms. The van der Waals surface area contributed by atoms with Crippen LogP contribution in [-0.4, -0.2) is 47.6 Å². The molecule has 0 spiro atoms. The maximum atomic E-state index is 6.09. The molecule has 0 saturated heterocycles. The Morgan fingerprint density at radius 3 is 2.65 bits per heavy atom. The van der Waals surface area contributed by atoms with E-state index in [1.54, 1.807) is 7.11 Å². The van der Waals surface area contributed by atoms with Crippen molar-refractivity contribution in [2.45, 2.75) is 59.5 Å². The lowest BCUT2D eigenvalue weighted by Crippen LogP contribution is -2.39. The Bertz CT molecular complexity index is 818. The fourth-order valence-electron chi connectivity index (χ4n) is 3.02. The molecule has 0 atom stereocenters. The Balaban J connectivity index is 2.04. The third-order valence-electron chi connectivity index (χ3n) is 5.08. The summed E-state index contributed by atoms with van der Waals surface area (Å²) in [7, 11) is 3.64. The number of guanidine groups is 1. The molecule has 0 saturated carbocycles.